The van der Waals surface area contributed by atoms with E-state index in [-0.39, 0.29) is 4.91 Å². The SMILES string of the molecule is C/C(=C/c1ccc(Cl)cc1)S(=O)(=O)Nc1cccc(F)c1S(N)(=O)=O. The van der Waals surface area contributed by atoms with Gasteiger partial charge in [-0.2, -0.15) is 0 Å². The summed E-state index contributed by atoms with van der Waals surface area (Å²) in [5, 5.41) is 5.46. The summed E-state index contributed by atoms with van der Waals surface area (Å²) in [6, 6.07) is 9.54. The zero-order valence-electron chi connectivity index (χ0n) is 12.9. The number of allylic oxidation sites excluding steroid dienone is 1. The molecule has 3 N–H and O–H groups in total. The van der Waals surface area contributed by atoms with Crippen molar-refractivity contribution < 1.29 is 21.2 Å². The van der Waals surface area contributed by atoms with E-state index in [9.17, 15) is 21.2 Å². The predicted octanol–water partition coefficient (Wildman–Crippen LogP) is 2.93. The number of halogens is 2. The first-order valence-electron chi connectivity index (χ1n) is 6.79. The Hall–Kier alpha value is -1.94. The van der Waals surface area contributed by atoms with Crippen LogP contribution >= 0.6 is 11.6 Å². The van der Waals surface area contributed by atoms with Crippen molar-refractivity contribution in [2.75, 3.05) is 4.72 Å². The molecule has 0 radical (unpaired) electrons. The molecule has 0 aliphatic heterocycles. The van der Waals surface area contributed by atoms with E-state index >= 15 is 0 Å². The molecule has 0 aliphatic carbocycles. The quantitative estimate of drug-likeness (QED) is 0.798. The van der Waals surface area contributed by atoms with Crippen molar-refractivity contribution in [3.8, 4) is 0 Å². The van der Waals surface area contributed by atoms with Gasteiger partial charge in [0.25, 0.3) is 10.0 Å². The van der Waals surface area contributed by atoms with Gasteiger partial charge in [-0.1, -0.05) is 29.8 Å². The summed E-state index contributed by atoms with van der Waals surface area (Å²) >= 11 is 5.76. The van der Waals surface area contributed by atoms with Gasteiger partial charge in [-0.05, 0) is 42.8 Å². The second-order valence-electron chi connectivity index (χ2n) is 5.07. The molecule has 6 nitrogen and oxygen atoms in total. The van der Waals surface area contributed by atoms with Gasteiger partial charge >= 0.3 is 0 Å². The molecular formula is C15H14ClFN2O4S2. The maximum atomic E-state index is 13.8. The van der Waals surface area contributed by atoms with Crippen molar-refractivity contribution in [3.05, 3.63) is 63.8 Å². The first-order valence-corrected chi connectivity index (χ1v) is 10.2. The number of sulfonamides is 2. The summed E-state index contributed by atoms with van der Waals surface area (Å²) in [5.41, 5.74) is 0.101. The minimum absolute atomic E-state index is 0.112. The van der Waals surface area contributed by atoms with Crippen LogP contribution in [0.25, 0.3) is 6.08 Å². The van der Waals surface area contributed by atoms with Crippen LogP contribution in [0.15, 0.2) is 52.3 Å². The summed E-state index contributed by atoms with van der Waals surface area (Å²) in [6.07, 6.45) is 1.36. The van der Waals surface area contributed by atoms with Crippen LogP contribution in [-0.4, -0.2) is 16.8 Å². The van der Waals surface area contributed by atoms with E-state index in [1.807, 2.05) is 4.72 Å². The van der Waals surface area contributed by atoms with E-state index in [1.165, 1.54) is 19.1 Å². The van der Waals surface area contributed by atoms with Gasteiger partial charge in [0, 0.05) is 5.02 Å². The lowest BCUT2D eigenvalue weighted by Crippen LogP contribution is -2.20. The Morgan fingerprint density at radius 2 is 1.72 bits per heavy atom. The van der Waals surface area contributed by atoms with Gasteiger partial charge in [0.15, 0.2) is 0 Å². The van der Waals surface area contributed by atoms with Crippen LogP contribution in [0, 0.1) is 5.82 Å². The molecule has 0 atom stereocenters. The Morgan fingerprint density at radius 3 is 2.28 bits per heavy atom. The Morgan fingerprint density at radius 1 is 1.12 bits per heavy atom. The average Bonchev–Trinajstić information content (AvgIpc) is 2.47. The number of rotatable bonds is 5. The van der Waals surface area contributed by atoms with E-state index in [0.29, 0.717) is 10.6 Å². The van der Waals surface area contributed by atoms with Gasteiger partial charge in [0.2, 0.25) is 10.0 Å². The molecule has 2 aromatic carbocycles. The molecule has 2 rings (SSSR count). The molecular weight excluding hydrogens is 391 g/mol. The number of hydrogen-bond donors (Lipinski definition) is 2. The third kappa shape index (κ3) is 4.79. The Kier molecular flexibility index (Phi) is 5.52. The normalized spacial score (nSPS) is 12.9. The van der Waals surface area contributed by atoms with Crippen LogP contribution < -0.4 is 9.86 Å². The van der Waals surface area contributed by atoms with E-state index in [4.69, 9.17) is 16.7 Å². The smallest absolute Gasteiger partial charge is 0.257 e. The topological polar surface area (TPSA) is 106 Å². The highest BCUT2D eigenvalue weighted by Crippen LogP contribution is 2.26. The molecule has 2 aromatic rings. The maximum absolute atomic E-state index is 13.8. The Balaban J connectivity index is 2.43. The highest BCUT2D eigenvalue weighted by Gasteiger charge is 2.23. The zero-order valence-corrected chi connectivity index (χ0v) is 15.3. The van der Waals surface area contributed by atoms with Crippen LogP contribution in [0.3, 0.4) is 0 Å². The fourth-order valence-electron chi connectivity index (χ4n) is 1.97. The number of benzene rings is 2. The van der Waals surface area contributed by atoms with Crippen LogP contribution in [0.1, 0.15) is 12.5 Å². The fraction of sp³-hybridized carbons (Fsp3) is 0.0667. The van der Waals surface area contributed by atoms with Crippen LogP contribution in [-0.2, 0) is 20.0 Å². The van der Waals surface area contributed by atoms with Crippen LogP contribution in [0.5, 0.6) is 0 Å². The second kappa shape index (κ2) is 7.12. The first-order chi connectivity index (χ1) is 11.5. The Bertz CT molecular complexity index is 1030. The predicted molar refractivity (Wildman–Crippen MR) is 95.4 cm³/mol. The fourth-order valence-corrected chi connectivity index (χ4v) is 3.84. The lowest BCUT2D eigenvalue weighted by molar-refractivity contribution is 0.569. The summed E-state index contributed by atoms with van der Waals surface area (Å²) in [6.45, 7) is 1.31. The Labute approximate surface area is 150 Å². The maximum Gasteiger partial charge on any atom is 0.257 e. The zero-order chi connectivity index (χ0) is 18.8. The van der Waals surface area contributed by atoms with Gasteiger partial charge < -0.3 is 0 Å². The molecule has 0 saturated carbocycles. The summed E-state index contributed by atoms with van der Waals surface area (Å²) in [5.74, 6) is -1.15. The second-order valence-corrected chi connectivity index (χ2v) is 8.86. The van der Waals surface area contributed by atoms with Gasteiger partial charge in [0.1, 0.15) is 10.7 Å². The average molecular weight is 405 g/mol. The number of anilines is 1. The molecule has 0 aliphatic rings. The van der Waals surface area contributed by atoms with Crippen molar-refractivity contribution in [2.45, 2.75) is 11.8 Å². The summed E-state index contributed by atoms with van der Waals surface area (Å²) in [4.78, 5) is -1.03. The molecule has 10 heteroatoms. The molecule has 0 unspecified atom stereocenters. The molecule has 0 saturated heterocycles. The first kappa shape index (κ1) is 19.4. The highest BCUT2D eigenvalue weighted by molar-refractivity contribution is 7.96. The number of hydrogen-bond acceptors (Lipinski definition) is 4. The van der Waals surface area contributed by atoms with Crippen molar-refractivity contribution >= 4 is 43.4 Å². The lowest BCUT2D eigenvalue weighted by atomic mass is 10.2. The van der Waals surface area contributed by atoms with E-state index in [2.05, 4.69) is 0 Å². The van der Waals surface area contributed by atoms with Gasteiger partial charge in [0.05, 0.1) is 10.6 Å². The van der Waals surface area contributed by atoms with Gasteiger partial charge in [-0.15, -0.1) is 0 Å². The number of primary sulfonamides is 1. The third-order valence-corrected chi connectivity index (χ3v) is 5.85. The monoisotopic (exact) mass is 404 g/mol. The van der Waals surface area contributed by atoms with Crippen molar-refractivity contribution in [1.29, 1.82) is 0 Å². The molecule has 0 fully saturated rings. The summed E-state index contributed by atoms with van der Waals surface area (Å²) < 4.78 is 63.7. The molecule has 0 amide bonds. The molecule has 134 valence electrons. The molecule has 25 heavy (non-hydrogen) atoms. The molecule has 0 aromatic heterocycles. The largest absolute Gasteiger partial charge is 0.278 e. The molecule has 0 spiro atoms. The minimum atomic E-state index is -4.46. The molecule has 0 bridgehead atoms. The lowest BCUT2D eigenvalue weighted by Gasteiger charge is -2.12. The standard InChI is InChI=1S/C15H14ClFN2O4S2/c1-10(9-11-5-7-12(16)8-6-11)25(22,23)19-14-4-2-3-13(17)15(14)24(18,20)21/h2-9,19H,1H3,(H2,18,20,21)/b10-9-. The van der Waals surface area contributed by atoms with Crippen molar-refractivity contribution in [1.82, 2.24) is 0 Å². The van der Waals surface area contributed by atoms with Crippen molar-refractivity contribution in [2.24, 2.45) is 5.14 Å². The van der Waals surface area contributed by atoms with E-state index in [1.54, 1.807) is 24.3 Å². The van der Waals surface area contributed by atoms with Crippen LogP contribution in [0.4, 0.5) is 10.1 Å². The van der Waals surface area contributed by atoms with Crippen LogP contribution in [0.2, 0.25) is 5.02 Å². The third-order valence-electron chi connectivity index (χ3n) is 3.16. The van der Waals surface area contributed by atoms with E-state index < -0.39 is 36.4 Å². The van der Waals surface area contributed by atoms with E-state index in [0.717, 1.165) is 12.1 Å². The van der Waals surface area contributed by atoms with Gasteiger partial charge in [-0.3, -0.25) is 4.72 Å². The highest BCUT2D eigenvalue weighted by atomic mass is 35.5. The van der Waals surface area contributed by atoms with Gasteiger partial charge in [-0.25, -0.2) is 26.4 Å². The molecule has 0 heterocycles. The van der Waals surface area contributed by atoms with Crippen molar-refractivity contribution in [3.63, 3.8) is 0 Å². The minimum Gasteiger partial charge on any atom is -0.278 e. The number of nitrogens with one attached hydrogen (secondary N) is 1. The summed E-state index contributed by atoms with van der Waals surface area (Å²) in [7, 11) is -8.59. The number of nitrogens with two attached hydrogens (primary N) is 1.